The monoisotopic (exact) mass is 250 g/mol. The lowest BCUT2D eigenvalue weighted by atomic mass is 10.1. The highest BCUT2D eigenvalue weighted by Crippen LogP contribution is 2.35. The molecule has 90 valence electrons. The number of hydrogen-bond acceptors (Lipinski definition) is 3. The van der Waals surface area contributed by atoms with Crippen LogP contribution in [0, 0.1) is 6.92 Å². The highest BCUT2D eigenvalue weighted by Gasteiger charge is 2.11. The predicted octanol–water partition coefficient (Wildman–Crippen LogP) is 3.64. The first kappa shape index (κ1) is 12.0. The van der Waals surface area contributed by atoms with E-state index in [9.17, 15) is 0 Å². The summed E-state index contributed by atoms with van der Waals surface area (Å²) in [6.07, 6.45) is 0. The van der Waals surface area contributed by atoms with Gasteiger partial charge in [-0.05, 0) is 32.0 Å². The fourth-order valence-corrected chi connectivity index (χ4v) is 2.15. The maximum atomic E-state index is 6.24. The van der Waals surface area contributed by atoms with Gasteiger partial charge in [-0.3, -0.25) is 0 Å². The van der Waals surface area contributed by atoms with Crippen LogP contribution in [0.5, 0.6) is 5.75 Å². The first-order chi connectivity index (χ1) is 8.17. The third-order valence-electron chi connectivity index (χ3n) is 2.59. The third-order valence-corrected chi connectivity index (χ3v) is 2.90. The van der Waals surface area contributed by atoms with Gasteiger partial charge < -0.3 is 10.1 Å². The van der Waals surface area contributed by atoms with Crippen LogP contribution in [0.2, 0.25) is 5.02 Å². The zero-order chi connectivity index (χ0) is 12.4. The summed E-state index contributed by atoms with van der Waals surface area (Å²) >= 11 is 6.24. The van der Waals surface area contributed by atoms with Gasteiger partial charge in [0.1, 0.15) is 11.3 Å². The van der Waals surface area contributed by atoms with Crippen molar-refractivity contribution in [2.75, 3.05) is 19.0 Å². The standard InChI is InChI=1S/C13H15ClN2O/c1-4-15-10-7-8(2)16-13-11(17-3)6-5-9(14)12(10)13/h5-7H,4H2,1-3H3,(H,15,16). The number of aromatic nitrogens is 1. The molecule has 1 N–H and O–H groups in total. The molecule has 0 spiro atoms. The second-order valence-electron chi connectivity index (χ2n) is 3.81. The Bertz CT molecular complexity index is 555. The van der Waals surface area contributed by atoms with Gasteiger partial charge in [-0.15, -0.1) is 0 Å². The van der Waals surface area contributed by atoms with Crippen molar-refractivity contribution >= 4 is 28.2 Å². The van der Waals surface area contributed by atoms with Crippen LogP contribution < -0.4 is 10.1 Å². The Hall–Kier alpha value is -1.48. The van der Waals surface area contributed by atoms with E-state index in [0.717, 1.165) is 34.6 Å². The van der Waals surface area contributed by atoms with E-state index in [2.05, 4.69) is 17.2 Å². The number of pyridine rings is 1. The first-order valence-electron chi connectivity index (χ1n) is 5.55. The van der Waals surface area contributed by atoms with Gasteiger partial charge in [0.15, 0.2) is 0 Å². The molecule has 4 heteroatoms. The summed E-state index contributed by atoms with van der Waals surface area (Å²) in [6.45, 7) is 4.85. The van der Waals surface area contributed by atoms with E-state index >= 15 is 0 Å². The van der Waals surface area contributed by atoms with Crippen LogP contribution in [-0.2, 0) is 0 Å². The van der Waals surface area contributed by atoms with E-state index in [1.165, 1.54) is 0 Å². The van der Waals surface area contributed by atoms with Crippen LogP contribution >= 0.6 is 11.6 Å². The van der Waals surface area contributed by atoms with Crippen molar-refractivity contribution < 1.29 is 4.74 Å². The number of aryl methyl sites for hydroxylation is 1. The molecule has 0 radical (unpaired) electrons. The van der Waals surface area contributed by atoms with Crippen molar-refractivity contribution in [3.8, 4) is 5.75 Å². The molecule has 0 saturated carbocycles. The largest absolute Gasteiger partial charge is 0.494 e. The van der Waals surface area contributed by atoms with Gasteiger partial charge in [0.25, 0.3) is 0 Å². The SMILES string of the molecule is CCNc1cc(C)nc2c(OC)ccc(Cl)c12. The number of rotatable bonds is 3. The Balaban J connectivity index is 2.81. The van der Waals surface area contributed by atoms with E-state index in [0.29, 0.717) is 5.02 Å². The molecule has 2 rings (SSSR count). The smallest absolute Gasteiger partial charge is 0.145 e. The molecule has 0 saturated heterocycles. The number of nitrogens with one attached hydrogen (secondary N) is 1. The van der Waals surface area contributed by atoms with E-state index < -0.39 is 0 Å². The number of methoxy groups -OCH3 is 1. The minimum absolute atomic E-state index is 0.684. The first-order valence-corrected chi connectivity index (χ1v) is 5.93. The maximum Gasteiger partial charge on any atom is 0.145 e. The molecule has 0 bridgehead atoms. The molecule has 0 atom stereocenters. The molecule has 1 aromatic carbocycles. The van der Waals surface area contributed by atoms with Gasteiger partial charge in [0.05, 0.1) is 12.1 Å². The van der Waals surface area contributed by atoms with Gasteiger partial charge in [-0.2, -0.15) is 0 Å². The molecule has 17 heavy (non-hydrogen) atoms. The molecule has 1 aromatic heterocycles. The summed E-state index contributed by atoms with van der Waals surface area (Å²) < 4.78 is 5.32. The van der Waals surface area contributed by atoms with Crippen molar-refractivity contribution in [2.45, 2.75) is 13.8 Å². The van der Waals surface area contributed by atoms with Crippen LogP contribution in [0.15, 0.2) is 18.2 Å². The van der Waals surface area contributed by atoms with Crippen molar-refractivity contribution in [2.24, 2.45) is 0 Å². The predicted molar refractivity (Wildman–Crippen MR) is 72.2 cm³/mol. The number of nitrogens with zero attached hydrogens (tertiary/aromatic N) is 1. The van der Waals surface area contributed by atoms with E-state index in [-0.39, 0.29) is 0 Å². The lowest BCUT2D eigenvalue weighted by Gasteiger charge is -2.12. The van der Waals surface area contributed by atoms with E-state index in [4.69, 9.17) is 16.3 Å². The topological polar surface area (TPSA) is 34.2 Å². The second kappa shape index (κ2) is 4.80. The summed E-state index contributed by atoms with van der Waals surface area (Å²) in [5.74, 6) is 0.743. The van der Waals surface area contributed by atoms with Gasteiger partial charge in [0.2, 0.25) is 0 Å². The molecule has 0 aliphatic carbocycles. The van der Waals surface area contributed by atoms with Crippen LogP contribution in [0.4, 0.5) is 5.69 Å². The van der Waals surface area contributed by atoms with E-state index in [1.807, 2.05) is 25.1 Å². The number of halogens is 1. The Morgan fingerprint density at radius 3 is 2.82 bits per heavy atom. The molecule has 1 heterocycles. The summed E-state index contributed by atoms with van der Waals surface area (Å²) in [5.41, 5.74) is 2.74. The second-order valence-corrected chi connectivity index (χ2v) is 4.22. The summed E-state index contributed by atoms with van der Waals surface area (Å²) in [5, 5.41) is 4.90. The summed E-state index contributed by atoms with van der Waals surface area (Å²) in [7, 11) is 1.64. The molecule has 0 aliphatic rings. The van der Waals surface area contributed by atoms with Gasteiger partial charge in [-0.25, -0.2) is 4.98 Å². The van der Waals surface area contributed by atoms with E-state index in [1.54, 1.807) is 7.11 Å². The number of hydrogen-bond donors (Lipinski definition) is 1. The summed E-state index contributed by atoms with van der Waals surface area (Å²) in [6, 6.07) is 5.67. The lowest BCUT2D eigenvalue weighted by Crippen LogP contribution is -2.00. The van der Waals surface area contributed by atoms with Crippen molar-refractivity contribution in [3.63, 3.8) is 0 Å². The Labute approximate surface area is 106 Å². The highest BCUT2D eigenvalue weighted by atomic mass is 35.5. The quantitative estimate of drug-likeness (QED) is 0.903. The van der Waals surface area contributed by atoms with Crippen molar-refractivity contribution in [1.29, 1.82) is 0 Å². The Morgan fingerprint density at radius 1 is 1.41 bits per heavy atom. The molecule has 0 aliphatic heterocycles. The molecular formula is C13H15ClN2O. The molecule has 0 fully saturated rings. The van der Waals surface area contributed by atoms with Crippen LogP contribution in [0.3, 0.4) is 0 Å². The van der Waals surface area contributed by atoms with Crippen molar-refractivity contribution in [3.05, 3.63) is 28.9 Å². The summed E-state index contributed by atoms with van der Waals surface area (Å²) in [4.78, 5) is 4.50. The zero-order valence-corrected chi connectivity index (χ0v) is 10.9. The fraction of sp³-hybridized carbons (Fsp3) is 0.308. The normalized spacial score (nSPS) is 10.6. The molecule has 2 aromatic rings. The molecule has 0 unspecified atom stereocenters. The van der Waals surface area contributed by atoms with Crippen LogP contribution in [0.1, 0.15) is 12.6 Å². The lowest BCUT2D eigenvalue weighted by molar-refractivity contribution is 0.419. The Morgan fingerprint density at radius 2 is 2.18 bits per heavy atom. The third kappa shape index (κ3) is 2.15. The molecular weight excluding hydrogens is 236 g/mol. The van der Waals surface area contributed by atoms with Gasteiger partial charge >= 0.3 is 0 Å². The minimum atomic E-state index is 0.684. The minimum Gasteiger partial charge on any atom is -0.494 e. The van der Waals surface area contributed by atoms with Crippen molar-refractivity contribution in [1.82, 2.24) is 4.98 Å². The average molecular weight is 251 g/mol. The average Bonchev–Trinajstić information content (AvgIpc) is 2.29. The molecule has 0 amide bonds. The fourth-order valence-electron chi connectivity index (χ4n) is 1.90. The molecule has 3 nitrogen and oxygen atoms in total. The number of benzene rings is 1. The number of fused-ring (bicyclic) bond motifs is 1. The maximum absolute atomic E-state index is 6.24. The highest BCUT2D eigenvalue weighted by molar-refractivity contribution is 6.36. The van der Waals surface area contributed by atoms with Crippen LogP contribution in [0.25, 0.3) is 10.9 Å². The van der Waals surface area contributed by atoms with Gasteiger partial charge in [-0.1, -0.05) is 11.6 Å². The van der Waals surface area contributed by atoms with Crippen LogP contribution in [-0.4, -0.2) is 18.6 Å². The Kier molecular flexibility index (Phi) is 3.38. The number of anilines is 1. The zero-order valence-electron chi connectivity index (χ0n) is 10.2. The van der Waals surface area contributed by atoms with Gasteiger partial charge in [0, 0.05) is 23.3 Å². The number of ether oxygens (including phenoxy) is 1.